The Balaban J connectivity index is 2.12. The number of hydrogen-bond donors (Lipinski definition) is 0. The number of alkyl halides is 2. The number of carbonyl (C=O) groups is 4. The molecular formula is C36H32F2O8. The van der Waals surface area contributed by atoms with E-state index in [0.29, 0.717) is 17.5 Å². The smallest absolute Gasteiger partial charge is 0.338 e. The molecule has 0 aromatic heterocycles. The number of hydrogen-bond acceptors (Lipinski definition) is 8. The van der Waals surface area contributed by atoms with Gasteiger partial charge in [-0.05, 0) is 79.8 Å². The number of ether oxygens (including phenoxy) is 4. The van der Waals surface area contributed by atoms with Gasteiger partial charge in [-0.3, -0.25) is 0 Å². The molecule has 0 spiro atoms. The second kappa shape index (κ2) is 14.9. The molecule has 0 aliphatic rings. The summed E-state index contributed by atoms with van der Waals surface area (Å²) in [4.78, 5) is 49.1. The summed E-state index contributed by atoms with van der Waals surface area (Å²) in [5.74, 6) is -3.62. The third kappa shape index (κ3) is 8.50. The molecule has 238 valence electrons. The molecule has 3 rings (SSSR count). The largest absolute Gasteiger partial charge is 0.419 e. The summed E-state index contributed by atoms with van der Waals surface area (Å²) in [6, 6.07) is 12.6. The van der Waals surface area contributed by atoms with E-state index >= 15 is 0 Å². The van der Waals surface area contributed by atoms with E-state index < -0.39 is 30.3 Å². The van der Waals surface area contributed by atoms with Gasteiger partial charge in [0.15, 0.2) is 23.0 Å². The molecule has 0 aliphatic heterocycles. The second-order valence-electron chi connectivity index (χ2n) is 10.3. The quantitative estimate of drug-likeness (QED) is 0.112. The molecule has 0 atom stereocenters. The molecule has 0 saturated carbocycles. The van der Waals surface area contributed by atoms with Gasteiger partial charge in [0.1, 0.15) is 0 Å². The van der Waals surface area contributed by atoms with Gasteiger partial charge in [0.25, 0.3) is 6.43 Å². The van der Waals surface area contributed by atoms with Crippen molar-refractivity contribution < 1.29 is 46.9 Å². The standard InChI is InChI=1S/C36H32F2O8/c1-9-22(8)36(42)46-31-18-25(12-15-29(31)44-34(40)20(4)5)26-13-10-23(16-27(26)32(37)38)24-11-14-28(43-33(39)19(2)3)30(17-24)45-35(41)21(6)7/h10-18,32H,2,4,6,8-9H2,1,3,5,7H3. The number of carbonyl (C=O) groups excluding carboxylic acids is 4. The van der Waals surface area contributed by atoms with Crippen LogP contribution in [-0.2, 0) is 19.2 Å². The third-order valence-corrected chi connectivity index (χ3v) is 6.39. The van der Waals surface area contributed by atoms with Crippen molar-refractivity contribution in [1.29, 1.82) is 0 Å². The van der Waals surface area contributed by atoms with Gasteiger partial charge in [-0.25, -0.2) is 28.0 Å². The second-order valence-corrected chi connectivity index (χ2v) is 10.3. The van der Waals surface area contributed by atoms with Crippen molar-refractivity contribution in [3.63, 3.8) is 0 Å². The summed E-state index contributed by atoms with van der Waals surface area (Å²) in [5, 5.41) is 0. The zero-order valence-electron chi connectivity index (χ0n) is 25.8. The van der Waals surface area contributed by atoms with E-state index in [2.05, 4.69) is 26.3 Å². The average Bonchev–Trinajstić information content (AvgIpc) is 3.01. The summed E-state index contributed by atoms with van der Waals surface area (Å²) >= 11 is 0. The molecule has 0 bridgehead atoms. The van der Waals surface area contributed by atoms with Crippen LogP contribution in [0.25, 0.3) is 22.3 Å². The summed E-state index contributed by atoms with van der Waals surface area (Å²) in [7, 11) is 0. The van der Waals surface area contributed by atoms with Gasteiger partial charge < -0.3 is 18.9 Å². The highest BCUT2D eigenvalue weighted by Gasteiger charge is 2.22. The van der Waals surface area contributed by atoms with Crippen molar-refractivity contribution in [2.75, 3.05) is 0 Å². The average molecular weight is 631 g/mol. The molecule has 10 heteroatoms. The Kier molecular flexibility index (Phi) is 11.3. The van der Waals surface area contributed by atoms with Gasteiger partial charge >= 0.3 is 23.9 Å². The first-order valence-corrected chi connectivity index (χ1v) is 13.9. The van der Waals surface area contributed by atoms with Crippen LogP contribution in [0.3, 0.4) is 0 Å². The Morgan fingerprint density at radius 1 is 0.587 bits per heavy atom. The van der Waals surface area contributed by atoms with E-state index in [0.717, 1.165) is 0 Å². The maximum atomic E-state index is 14.5. The lowest BCUT2D eigenvalue weighted by molar-refractivity contribution is -0.132. The Labute approximate surface area is 265 Å². The van der Waals surface area contributed by atoms with E-state index in [9.17, 15) is 28.0 Å². The van der Waals surface area contributed by atoms with Crippen LogP contribution < -0.4 is 18.9 Å². The minimum Gasteiger partial charge on any atom is -0.419 e. The van der Waals surface area contributed by atoms with Crippen molar-refractivity contribution in [3.8, 4) is 45.3 Å². The molecular weight excluding hydrogens is 598 g/mol. The minimum atomic E-state index is -2.95. The highest BCUT2D eigenvalue weighted by molar-refractivity contribution is 5.93. The SMILES string of the molecule is C=C(C)C(=O)Oc1ccc(-c2ccc(-c3ccc(OC(=O)C(=C)C)c(OC(=O)C(=C)CC)c3)c(C(F)F)c2)cc1OC(=O)C(=C)C. The monoisotopic (exact) mass is 630 g/mol. The van der Waals surface area contributed by atoms with E-state index in [4.69, 9.17) is 18.9 Å². The predicted molar refractivity (Wildman–Crippen MR) is 169 cm³/mol. The fourth-order valence-electron chi connectivity index (χ4n) is 3.75. The minimum absolute atomic E-state index is 0.0800. The van der Waals surface area contributed by atoms with Crippen molar-refractivity contribution in [2.24, 2.45) is 0 Å². The van der Waals surface area contributed by atoms with E-state index in [1.807, 2.05) is 0 Å². The fraction of sp³-hybridized carbons (Fsp3) is 0.167. The molecule has 46 heavy (non-hydrogen) atoms. The normalized spacial score (nSPS) is 10.5. The predicted octanol–water partition coefficient (Wildman–Crippen LogP) is 8.27. The number of halogens is 2. The number of esters is 4. The van der Waals surface area contributed by atoms with Gasteiger partial charge in [-0.1, -0.05) is 57.5 Å². The van der Waals surface area contributed by atoms with Crippen LogP contribution >= 0.6 is 0 Å². The Bertz CT molecular complexity index is 1780. The lowest BCUT2D eigenvalue weighted by atomic mass is 9.94. The molecule has 0 fully saturated rings. The van der Waals surface area contributed by atoms with Crippen LogP contribution in [0.5, 0.6) is 23.0 Å². The molecule has 3 aromatic rings. The summed E-state index contributed by atoms with van der Waals surface area (Å²) < 4.78 is 50.4. The van der Waals surface area contributed by atoms with Gasteiger partial charge in [-0.15, -0.1) is 0 Å². The van der Waals surface area contributed by atoms with Crippen molar-refractivity contribution in [2.45, 2.75) is 40.5 Å². The van der Waals surface area contributed by atoms with Crippen LogP contribution in [0, 0.1) is 0 Å². The van der Waals surface area contributed by atoms with Gasteiger partial charge in [0, 0.05) is 27.9 Å². The van der Waals surface area contributed by atoms with Crippen molar-refractivity contribution in [1.82, 2.24) is 0 Å². The molecule has 0 heterocycles. The Hall–Kier alpha value is -5.64. The maximum Gasteiger partial charge on any atom is 0.338 e. The first kappa shape index (κ1) is 34.8. The van der Waals surface area contributed by atoms with Crippen LogP contribution in [0.4, 0.5) is 8.78 Å². The molecule has 0 radical (unpaired) electrons. The van der Waals surface area contributed by atoms with Gasteiger partial charge in [0.2, 0.25) is 0 Å². The van der Waals surface area contributed by atoms with E-state index in [-0.39, 0.29) is 62.0 Å². The first-order chi connectivity index (χ1) is 21.6. The summed E-state index contributed by atoms with van der Waals surface area (Å²) in [6.07, 6.45) is -2.65. The highest BCUT2D eigenvalue weighted by atomic mass is 19.3. The topological polar surface area (TPSA) is 105 Å². The molecule has 0 aliphatic carbocycles. The zero-order valence-corrected chi connectivity index (χ0v) is 25.8. The lowest BCUT2D eigenvalue weighted by Gasteiger charge is -2.16. The first-order valence-electron chi connectivity index (χ1n) is 13.9. The van der Waals surface area contributed by atoms with Gasteiger partial charge in [0.05, 0.1) is 0 Å². The molecule has 8 nitrogen and oxygen atoms in total. The van der Waals surface area contributed by atoms with Crippen molar-refractivity contribution in [3.05, 3.63) is 109 Å². The van der Waals surface area contributed by atoms with Crippen LogP contribution in [0.15, 0.2) is 103 Å². The Morgan fingerprint density at radius 2 is 0.978 bits per heavy atom. The molecule has 3 aromatic carbocycles. The fourth-order valence-corrected chi connectivity index (χ4v) is 3.75. The Morgan fingerprint density at radius 3 is 1.43 bits per heavy atom. The van der Waals surface area contributed by atoms with E-state index in [1.165, 1.54) is 69.3 Å². The summed E-state index contributed by atoms with van der Waals surface area (Å²) in [5.41, 5.74) is 1.07. The van der Waals surface area contributed by atoms with Crippen LogP contribution in [0.2, 0.25) is 0 Å². The lowest BCUT2D eigenvalue weighted by Crippen LogP contribution is -2.13. The van der Waals surface area contributed by atoms with Gasteiger partial charge in [-0.2, -0.15) is 0 Å². The number of rotatable bonds is 12. The van der Waals surface area contributed by atoms with Crippen molar-refractivity contribution >= 4 is 23.9 Å². The zero-order chi connectivity index (χ0) is 34.3. The van der Waals surface area contributed by atoms with Crippen LogP contribution in [0.1, 0.15) is 46.1 Å². The van der Waals surface area contributed by atoms with Crippen LogP contribution in [-0.4, -0.2) is 23.9 Å². The van der Waals surface area contributed by atoms with E-state index in [1.54, 1.807) is 13.0 Å². The maximum absolute atomic E-state index is 14.5. The third-order valence-electron chi connectivity index (χ3n) is 6.39. The molecule has 0 unspecified atom stereocenters. The molecule has 0 saturated heterocycles. The summed E-state index contributed by atoms with van der Waals surface area (Å²) in [6.45, 7) is 20.3. The molecule has 0 N–H and O–H groups in total. The highest BCUT2D eigenvalue weighted by Crippen LogP contribution is 2.40. The number of benzene rings is 3. The molecule has 0 amide bonds.